The van der Waals surface area contributed by atoms with Gasteiger partial charge in [0.05, 0.1) is 6.61 Å². The highest BCUT2D eigenvalue weighted by molar-refractivity contribution is 5.86. The van der Waals surface area contributed by atoms with E-state index < -0.39 is 23.6 Å². The van der Waals surface area contributed by atoms with Gasteiger partial charge in [0.1, 0.15) is 6.04 Å². The lowest BCUT2D eigenvalue weighted by Crippen LogP contribution is -2.54. The summed E-state index contributed by atoms with van der Waals surface area (Å²) >= 11 is 0. The Bertz CT molecular complexity index is 371. The Morgan fingerprint density at radius 1 is 1.29 bits per heavy atom. The molecule has 0 aliphatic heterocycles. The van der Waals surface area contributed by atoms with Crippen molar-refractivity contribution in [1.29, 1.82) is 0 Å². The van der Waals surface area contributed by atoms with Crippen molar-refractivity contribution in [3.05, 3.63) is 0 Å². The van der Waals surface area contributed by atoms with Crippen LogP contribution in [-0.4, -0.2) is 54.9 Å². The van der Waals surface area contributed by atoms with Crippen LogP contribution in [0.2, 0.25) is 0 Å². The van der Waals surface area contributed by atoms with Crippen molar-refractivity contribution in [2.24, 2.45) is 0 Å². The van der Waals surface area contributed by atoms with Crippen molar-refractivity contribution in [3.8, 4) is 0 Å². The molecule has 0 spiro atoms. The fourth-order valence-corrected chi connectivity index (χ4v) is 1.52. The molecule has 1 atom stereocenters. The average Bonchev–Trinajstić information content (AvgIpc) is 2.35. The second kappa shape index (κ2) is 9.17. The maximum atomic E-state index is 11.8. The molecule has 1 unspecified atom stereocenters. The zero-order chi connectivity index (χ0) is 16.5. The predicted molar refractivity (Wildman–Crippen MR) is 77.0 cm³/mol. The fourth-order valence-electron chi connectivity index (χ4n) is 1.52. The molecule has 0 saturated carbocycles. The SMILES string of the molecule is COCCNC(=O)C(C)NC(=O)NC(C)(C)CCC(=O)O. The van der Waals surface area contributed by atoms with Gasteiger partial charge in [-0.2, -0.15) is 0 Å². The fraction of sp³-hybridized carbons (Fsp3) is 0.769. The van der Waals surface area contributed by atoms with E-state index in [1.807, 2.05) is 0 Å². The number of carbonyl (C=O) groups excluding carboxylic acids is 2. The van der Waals surface area contributed by atoms with Crippen LogP contribution in [0, 0.1) is 0 Å². The number of hydrogen-bond acceptors (Lipinski definition) is 4. The summed E-state index contributed by atoms with van der Waals surface area (Å²) in [7, 11) is 1.53. The summed E-state index contributed by atoms with van der Waals surface area (Å²) < 4.78 is 4.80. The minimum Gasteiger partial charge on any atom is -0.481 e. The number of ether oxygens (including phenoxy) is 1. The molecule has 0 aromatic rings. The Labute approximate surface area is 124 Å². The zero-order valence-corrected chi connectivity index (χ0v) is 13.0. The van der Waals surface area contributed by atoms with E-state index in [0.29, 0.717) is 19.6 Å². The van der Waals surface area contributed by atoms with Crippen molar-refractivity contribution in [1.82, 2.24) is 16.0 Å². The molecule has 0 rings (SSSR count). The van der Waals surface area contributed by atoms with Crippen LogP contribution < -0.4 is 16.0 Å². The van der Waals surface area contributed by atoms with Gasteiger partial charge in [0.2, 0.25) is 5.91 Å². The van der Waals surface area contributed by atoms with E-state index >= 15 is 0 Å². The largest absolute Gasteiger partial charge is 0.481 e. The molecule has 0 bridgehead atoms. The lowest BCUT2D eigenvalue weighted by molar-refractivity contribution is -0.137. The van der Waals surface area contributed by atoms with Crippen LogP contribution in [0.25, 0.3) is 0 Å². The molecule has 0 aliphatic carbocycles. The molecule has 0 aromatic carbocycles. The summed E-state index contributed by atoms with van der Waals surface area (Å²) in [6.07, 6.45) is 0.254. The van der Waals surface area contributed by atoms with Gasteiger partial charge in [-0.3, -0.25) is 9.59 Å². The van der Waals surface area contributed by atoms with Crippen molar-refractivity contribution in [2.45, 2.75) is 45.2 Å². The molecule has 0 aromatic heterocycles. The molecule has 8 nitrogen and oxygen atoms in total. The highest BCUT2D eigenvalue weighted by Crippen LogP contribution is 2.10. The number of carboxylic acid groups (broad SMARTS) is 1. The number of methoxy groups -OCH3 is 1. The number of rotatable bonds is 9. The molecule has 8 heteroatoms. The zero-order valence-electron chi connectivity index (χ0n) is 13.0. The van der Waals surface area contributed by atoms with Gasteiger partial charge < -0.3 is 25.8 Å². The standard InChI is InChI=1S/C13H25N3O5/c1-9(11(19)14-7-8-21-4)15-12(20)16-13(2,3)6-5-10(17)18/h9H,5-8H2,1-4H3,(H,14,19)(H,17,18)(H2,15,16,20). The van der Waals surface area contributed by atoms with E-state index in [1.165, 1.54) is 7.11 Å². The van der Waals surface area contributed by atoms with E-state index in [0.717, 1.165) is 0 Å². The quantitative estimate of drug-likeness (QED) is 0.450. The van der Waals surface area contributed by atoms with Crippen LogP contribution in [0.15, 0.2) is 0 Å². The third-order valence-corrected chi connectivity index (χ3v) is 2.76. The van der Waals surface area contributed by atoms with E-state index in [-0.39, 0.29) is 12.3 Å². The highest BCUT2D eigenvalue weighted by Gasteiger charge is 2.23. The third kappa shape index (κ3) is 9.67. The molecule has 3 amide bonds. The number of carbonyl (C=O) groups is 3. The molecule has 4 N–H and O–H groups in total. The summed E-state index contributed by atoms with van der Waals surface area (Å²) in [6, 6.07) is -1.21. The number of aliphatic carboxylic acids is 1. The van der Waals surface area contributed by atoms with Crippen LogP contribution >= 0.6 is 0 Å². The minimum absolute atomic E-state index is 0.0413. The van der Waals surface area contributed by atoms with Crippen molar-refractivity contribution >= 4 is 17.9 Å². The molecule has 122 valence electrons. The first-order valence-corrected chi connectivity index (χ1v) is 6.75. The van der Waals surface area contributed by atoms with Gasteiger partial charge in [-0.25, -0.2) is 4.79 Å². The second-order valence-corrected chi connectivity index (χ2v) is 5.38. The maximum absolute atomic E-state index is 11.8. The Kier molecular flexibility index (Phi) is 8.37. The number of amides is 3. The van der Waals surface area contributed by atoms with Gasteiger partial charge in [-0.1, -0.05) is 0 Å². The number of urea groups is 1. The van der Waals surface area contributed by atoms with Crippen molar-refractivity contribution < 1.29 is 24.2 Å². The summed E-state index contributed by atoms with van der Waals surface area (Å²) in [4.78, 5) is 34.0. The first-order valence-electron chi connectivity index (χ1n) is 6.75. The van der Waals surface area contributed by atoms with E-state index in [2.05, 4.69) is 16.0 Å². The topological polar surface area (TPSA) is 117 Å². The lowest BCUT2D eigenvalue weighted by atomic mass is 9.99. The molecular weight excluding hydrogens is 278 g/mol. The molecule has 0 radical (unpaired) electrons. The van der Waals surface area contributed by atoms with Gasteiger partial charge in [0.25, 0.3) is 0 Å². The Morgan fingerprint density at radius 2 is 1.90 bits per heavy atom. The first kappa shape index (κ1) is 19.2. The maximum Gasteiger partial charge on any atom is 0.315 e. The van der Waals surface area contributed by atoms with Crippen LogP contribution in [-0.2, 0) is 14.3 Å². The number of hydrogen-bond donors (Lipinski definition) is 4. The summed E-state index contributed by atoms with van der Waals surface area (Å²) in [6.45, 7) is 5.77. The third-order valence-electron chi connectivity index (χ3n) is 2.76. The molecule has 21 heavy (non-hydrogen) atoms. The van der Waals surface area contributed by atoms with Gasteiger partial charge >= 0.3 is 12.0 Å². The summed E-state index contributed by atoms with van der Waals surface area (Å²) in [5.41, 5.74) is -0.672. The minimum atomic E-state index is -0.920. The smallest absolute Gasteiger partial charge is 0.315 e. The van der Waals surface area contributed by atoms with Gasteiger partial charge in [0.15, 0.2) is 0 Å². The van der Waals surface area contributed by atoms with Crippen LogP contribution in [0.5, 0.6) is 0 Å². The summed E-state index contributed by atoms with van der Waals surface area (Å²) in [5.74, 6) is -1.23. The predicted octanol–water partition coefficient (Wildman–Crippen LogP) is 0.0801. The molecule has 0 heterocycles. The highest BCUT2D eigenvalue weighted by atomic mass is 16.5. The Morgan fingerprint density at radius 3 is 2.43 bits per heavy atom. The molecule has 0 saturated heterocycles. The van der Waals surface area contributed by atoms with Crippen LogP contribution in [0.3, 0.4) is 0 Å². The van der Waals surface area contributed by atoms with E-state index in [1.54, 1.807) is 20.8 Å². The molecular formula is C13H25N3O5. The summed E-state index contributed by atoms with van der Waals surface area (Å²) in [5, 5.41) is 16.4. The van der Waals surface area contributed by atoms with E-state index in [9.17, 15) is 14.4 Å². The monoisotopic (exact) mass is 303 g/mol. The molecule has 0 fully saturated rings. The van der Waals surface area contributed by atoms with Crippen LogP contribution in [0.4, 0.5) is 4.79 Å². The number of nitrogens with one attached hydrogen (secondary N) is 3. The van der Waals surface area contributed by atoms with E-state index in [4.69, 9.17) is 9.84 Å². The molecule has 0 aliphatic rings. The first-order chi connectivity index (χ1) is 9.68. The van der Waals surface area contributed by atoms with Gasteiger partial charge in [-0.05, 0) is 27.2 Å². The Balaban J connectivity index is 4.16. The van der Waals surface area contributed by atoms with Crippen molar-refractivity contribution in [2.75, 3.05) is 20.3 Å². The number of carboxylic acids is 1. The normalized spacial score (nSPS) is 12.4. The van der Waals surface area contributed by atoms with Gasteiger partial charge in [-0.15, -0.1) is 0 Å². The second-order valence-electron chi connectivity index (χ2n) is 5.38. The van der Waals surface area contributed by atoms with Crippen LogP contribution in [0.1, 0.15) is 33.6 Å². The lowest BCUT2D eigenvalue weighted by Gasteiger charge is -2.26. The average molecular weight is 303 g/mol. The Hall–Kier alpha value is -1.83. The van der Waals surface area contributed by atoms with Gasteiger partial charge in [0, 0.05) is 25.6 Å². The van der Waals surface area contributed by atoms with Crippen molar-refractivity contribution in [3.63, 3.8) is 0 Å².